The molecule has 0 aliphatic heterocycles. The highest BCUT2D eigenvalue weighted by molar-refractivity contribution is 5.81. The molecule has 30 heavy (non-hydrogen) atoms. The number of hydrogen-bond acceptors (Lipinski definition) is 7. The maximum atomic E-state index is 12.4. The van der Waals surface area contributed by atoms with Crippen molar-refractivity contribution in [1.82, 2.24) is 0 Å². The number of ether oxygens (including phenoxy) is 4. The summed E-state index contributed by atoms with van der Waals surface area (Å²) in [6.07, 6.45) is 5.20. The molecule has 2 rings (SSSR count). The van der Waals surface area contributed by atoms with Crippen molar-refractivity contribution < 1.29 is 33.3 Å². The van der Waals surface area contributed by atoms with Crippen LogP contribution in [0.3, 0.4) is 0 Å². The highest BCUT2D eigenvalue weighted by Crippen LogP contribution is 2.31. The molecule has 0 aromatic heterocycles. The van der Waals surface area contributed by atoms with E-state index in [2.05, 4.69) is 13.5 Å². The van der Waals surface area contributed by atoms with E-state index in [1.165, 1.54) is 0 Å². The molecule has 1 aliphatic rings. The van der Waals surface area contributed by atoms with Crippen molar-refractivity contribution in [2.24, 2.45) is 11.8 Å². The third-order valence-electron chi connectivity index (χ3n) is 5.08. The van der Waals surface area contributed by atoms with Gasteiger partial charge in [-0.2, -0.15) is 0 Å². The summed E-state index contributed by atoms with van der Waals surface area (Å²) in [5, 5.41) is 0. The van der Waals surface area contributed by atoms with E-state index >= 15 is 0 Å². The fourth-order valence-electron chi connectivity index (χ4n) is 3.20. The number of esters is 2. The average Bonchev–Trinajstić information content (AvgIpc) is 2.72. The zero-order valence-corrected chi connectivity index (χ0v) is 17.7. The van der Waals surface area contributed by atoms with Gasteiger partial charge in [0.1, 0.15) is 11.5 Å². The van der Waals surface area contributed by atoms with Crippen LogP contribution in [0.2, 0.25) is 0 Å². The molecule has 0 spiro atoms. The summed E-state index contributed by atoms with van der Waals surface area (Å²) in [7, 11) is 0. The minimum Gasteiger partial charge on any atom is -0.463 e. The van der Waals surface area contributed by atoms with Crippen LogP contribution in [-0.4, -0.2) is 31.3 Å². The first kappa shape index (κ1) is 23.4. The molecule has 1 aromatic carbocycles. The van der Waals surface area contributed by atoms with E-state index in [9.17, 15) is 14.4 Å². The van der Waals surface area contributed by atoms with Crippen LogP contribution in [0.15, 0.2) is 30.9 Å². The topological polar surface area (TPSA) is 88.1 Å². The van der Waals surface area contributed by atoms with E-state index in [1.807, 2.05) is 0 Å². The normalized spacial score (nSPS) is 18.2. The van der Waals surface area contributed by atoms with Crippen LogP contribution in [0.1, 0.15) is 51.0 Å². The smallest absolute Gasteiger partial charge is 0.463 e. The van der Waals surface area contributed by atoms with E-state index in [1.54, 1.807) is 25.1 Å². The Labute approximate surface area is 177 Å². The Hall–Kier alpha value is -2.83. The summed E-state index contributed by atoms with van der Waals surface area (Å²) >= 11 is 0. The van der Waals surface area contributed by atoms with Gasteiger partial charge in [0.2, 0.25) is 0 Å². The van der Waals surface area contributed by atoms with Crippen LogP contribution in [0.4, 0.5) is 4.79 Å². The van der Waals surface area contributed by atoms with E-state index in [4.69, 9.17) is 18.9 Å². The summed E-state index contributed by atoms with van der Waals surface area (Å²) in [5.74, 6) is 0.718. The molecule has 164 valence electrons. The predicted molar refractivity (Wildman–Crippen MR) is 110 cm³/mol. The number of aryl methyl sites for hydroxylation is 1. The summed E-state index contributed by atoms with van der Waals surface area (Å²) in [6.45, 7) is 7.68. The summed E-state index contributed by atoms with van der Waals surface area (Å²) < 4.78 is 20.5. The lowest BCUT2D eigenvalue weighted by Crippen LogP contribution is -2.25. The van der Waals surface area contributed by atoms with Gasteiger partial charge in [-0.3, -0.25) is 4.79 Å². The number of carbonyl (C=O) groups excluding carboxylic acids is 3. The zero-order valence-electron chi connectivity index (χ0n) is 17.7. The molecule has 0 bridgehead atoms. The lowest BCUT2D eigenvalue weighted by molar-refractivity contribution is -0.140. The lowest BCUT2D eigenvalue weighted by atomic mass is 9.83. The number of rotatable bonds is 9. The second kappa shape index (κ2) is 12.0. The van der Waals surface area contributed by atoms with Gasteiger partial charge >= 0.3 is 18.1 Å². The Morgan fingerprint density at radius 2 is 1.70 bits per heavy atom. The molecule has 1 fully saturated rings. The fraction of sp³-hybridized carbons (Fsp3) is 0.522. The first-order valence-electron chi connectivity index (χ1n) is 10.3. The third-order valence-corrected chi connectivity index (χ3v) is 5.08. The van der Waals surface area contributed by atoms with Crippen LogP contribution in [0, 0.1) is 18.8 Å². The quantitative estimate of drug-likeness (QED) is 0.188. The van der Waals surface area contributed by atoms with Crippen molar-refractivity contribution in [2.75, 3.05) is 13.2 Å². The highest BCUT2D eigenvalue weighted by atomic mass is 16.7. The molecule has 7 heteroatoms. The second-order valence-electron chi connectivity index (χ2n) is 7.58. The maximum absolute atomic E-state index is 12.4. The van der Waals surface area contributed by atoms with Gasteiger partial charge in [-0.25, -0.2) is 9.59 Å². The largest absolute Gasteiger partial charge is 0.513 e. The maximum Gasteiger partial charge on any atom is 0.513 e. The number of benzene rings is 1. The van der Waals surface area contributed by atoms with Gasteiger partial charge in [-0.1, -0.05) is 13.5 Å². The molecule has 7 nitrogen and oxygen atoms in total. The summed E-state index contributed by atoms with van der Waals surface area (Å²) in [6, 6.07) is 4.81. The summed E-state index contributed by atoms with van der Waals surface area (Å²) in [4.78, 5) is 35.0. The monoisotopic (exact) mass is 418 g/mol. The number of carbonyl (C=O) groups is 3. The number of unbranched alkanes of at least 4 members (excludes halogenated alkanes) is 1. The Balaban J connectivity index is 1.72. The van der Waals surface area contributed by atoms with Crippen molar-refractivity contribution in [3.63, 3.8) is 0 Å². The van der Waals surface area contributed by atoms with Gasteiger partial charge in [0.15, 0.2) is 0 Å². The van der Waals surface area contributed by atoms with Crippen molar-refractivity contribution in [3.8, 4) is 11.5 Å². The Morgan fingerprint density at radius 3 is 2.33 bits per heavy atom. The summed E-state index contributed by atoms with van der Waals surface area (Å²) in [5.41, 5.74) is 0.696. The molecule has 0 heterocycles. The van der Waals surface area contributed by atoms with Crippen LogP contribution < -0.4 is 9.47 Å². The van der Waals surface area contributed by atoms with Crippen LogP contribution >= 0.6 is 0 Å². The van der Waals surface area contributed by atoms with Gasteiger partial charge in [0.25, 0.3) is 0 Å². The van der Waals surface area contributed by atoms with Gasteiger partial charge in [-0.05, 0) is 75.1 Å². The molecule has 0 atom stereocenters. The SMILES string of the molecule is C=CC(=O)OCCCCOC(=O)Oc1ccc(OC(=O)C2CCC(C)CC2)c(C)c1. The minimum absolute atomic E-state index is 0.0493. The molecular weight excluding hydrogens is 388 g/mol. The van der Waals surface area contributed by atoms with Crippen LogP contribution in [0.5, 0.6) is 11.5 Å². The van der Waals surface area contributed by atoms with Crippen molar-refractivity contribution >= 4 is 18.1 Å². The molecule has 0 unspecified atom stereocenters. The third kappa shape index (κ3) is 7.89. The van der Waals surface area contributed by atoms with Gasteiger partial charge < -0.3 is 18.9 Å². The van der Waals surface area contributed by atoms with E-state index in [0.717, 1.165) is 31.8 Å². The predicted octanol–water partition coefficient (Wildman–Crippen LogP) is 4.75. The van der Waals surface area contributed by atoms with Crippen LogP contribution in [-0.2, 0) is 19.1 Å². The Bertz CT molecular complexity index is 748. The van der Waals surface area contributed by atoms with Crippen molar-refractivity contribution in [3.05, 3.63) is 36.4 Å². The molecule has 0 amide bonds. The van der Waals surface area contributed by atoms with Gasteiger partial charge in [0.05, 0.1) is 19.1 Å². The van der Waals surface area contributed by atoms with Crippen molar-refractivity contribution in [1.29, 1.82) is 0 Å². The lowest BCUT2D eigenvalue weighted by Gasteiger charge is -2.24. The van der Waals surface area contributed by atoms with E-state index in [-0.39, 0.29) is 25.1 Å². The molecule has 0 saturated heterocycles. The molecule has 0 N–H and O–H groups in total. The standard InChI is InChI=1S/C23H30O7/c1-4-21(24)27-13-5-6-14-28-23(26)29-19-11-12-20(17(3)15-19)30-22(25)18-9-7-16(2)8-10-18/h4,11-12,15-16,18H,1,5-10,13-14H2,2-3H3. The molecular formula is C23H30O7. The molecule has 0 radical (unpaired) electrons. The zero-order chi connectivity index (χ0) is 21.9. The molecule has 1 saturated carbocycles. The van der Waals surface area contributed by atoms with E-state index < -0.39 is 12.1 Å². The van der Waals surface area contributed by atoms with Gasteiger partial charge in [-0.15, -0.1) is 0 Å². The second-order valence-corrected chi connectivity index (χ2v) is 7.58. The number of hydrogen-bond donors (Lipinski definition) is 0. The minimum atomic E-state index is -0.821. The fourth-order valence-corrected chi connectivity index (χ4v) is 3.20. The first-order valence-corrected chi connectivity index (χ1v) is 10.3. The van der Waals surface area contributed by atoms with Gasteiger partial charge in [0, 0.05) is 6.08 Å². The first-order chi connectivity index (χ1) is 14.4. The highest BCUT2D eigenvalue weighted by Gasteiger charge is 2.26. The Kier molecular flexibility index (Phi) is 9.38. The van der Waals surface area contributed by atoms with Crippen LogP contribution in [0.25, 0.3) is 0 Å². The molecule has 1 aliphatic carbocycles. The average molecular weight is 418 g/mol. The van der Waals surface area contributed by atoms with Crippen molar-refractivity contribution in [2.45, 2.75) is 52.4 Å². The van der Waals surface area contributed by atoms with E-state index in [0.29, 0.717) is 35.8 Å². The Morgan fingerprint density at radius 1 is 1.03 bits per heavy atom. The molecule has 1 aromatic rings.